The van der Waals surface area contributed by atoms with E-state index in [4.69, 9.17) is 4.74 Å². The molecule has 0 bridgehead atoms. The first kappa shape index (κ1) is 18.7. The van der Waals surface area contributed by atoms with Crippen molar-refractivity contribution in [1.29, 1.82) is 0 Å². The maximum absolute atomic E-state index is 10.9. The number of fused-ring (bicyclic) bond motifs is 1. The Morgan fingerprint density at radius 1 is 1.00 bits per heavy atom. The molecule has 4 nitrogen and oxygen atoms in total. The Kier molecular flexibility index (Phi) is 5.96. The van der Waals surface area contributed by atoms with Gasteiger partial charge in [-0.05, 0) is 49.2 Å². The summed E-state index contributed by atoms with van der Waals surface area (Å²) in [5.41, 5.74) is 1.23. The fraction of sp³-hybridized carbons (Fsp3) is 0.565. The molecule has 0 aliphatic carbocycles. The second-order valence-electron chi connectivity index (χ2n) is 8.08. The van der Waals surface area contributed by atoms with Crippen LogP contribution < -0.4 is 4.74 Å². The SMILES string of the molecule is COc1ccc2ccccc2c1CN1CC[C@H](N2CCCCCC2)[C@@H](O)C1. The van der Waals surface area contributed by atoms with Crippen molar-refractivity contribution in [2.75, 3.05) is 33.3 Å². The highest BCUT2D eigenvalue weighted by atomic mass is 16.5. The number of hydrogen-bond donors (Lipinski definition) is 1. The molecule has 2 saturated heterocycles. The van der Waals surface area contributed by atoms with Crippen LogP contribution in [-0.2, 0) is 6.54 Å². The number of piperidine rings is 1. The Balaban J connectivity index is 1.48. The predicted octanol–water partition coefficient (Wildman–Crippen LogP) is 3.66. The van der Waals surface area contributed by atoms with Crippen molar-refractivity contribution >= 4 is 10.8 Å². The molecule has 2 aromatic rings. The quantitative estimate of drug-likeness (QED) is 0.893. The Hall–Kier alpha value is -1.62. The van der Waals surface area contributed by atoms with Gasteiger partial charge in [-0.1, -0.05) is 43.2 Å². The van der Waals surface area contributed by atoms with Crippen LogP contribution in [0.25, 0.3) is 10.8 Å². The maximum Gasteiger partial charge on any atom is 0.123 e. The zero-order chi connectivity index (χ0) is 18.6. The van der Waals surface area contributed by atoms with Crippen molar-refractivity contribution in [3.05, 3.63) is 42.0 Å². The van der Waals surface area contributed by atoms with Crippen molar-refractivity contribution < 1.29 is 9.84 Å². The highest BCUT2D eigenvalue weighted by Gasteiger charge is 2.32. The van der Waals surface area contributed by atoms with E-state index in [1.54, 1.807) is 7.11 Å². The number of aliphatic hydroxyl groups excluding tert-OH is 1. The van der Waals surface area contributed by atoms with E-state index in [2.05, 4.69) is 46.2 Å². The largest absolute Gasteiger partial charge is 0.496 e. The van der Waals surface area contributed by atoms with Gasteiger partial charge in [0.05, 0.1) is 13.2 Å². The number of aliphatic hydroxyl groups is 1. The van der Waals surface area contributed by atoms with Crippen molar-refractivity contribution in [3.63, 3.8) is 0 Å². The molecule has 0 aromatic heterocycles. The normalized spacial score (nSPS) is 25.4. The van der Waals surface area contributed by atoms with Crippen LogP contribution in [0.2, 0.25) is 0 Å². The van der Waals surface area contributed by atoms with Crippen molar-refractivity contribution in [2.45, 2.75) is 50.8 Å². The lowest BCUT2D eigenvalue weighted by Gasteiger charge is -2.41. The van der Waals surface area contributed by atoms with E-state index in [0.717, 1.165) is 44.9 Å². The monoisotopic (exact) mass is 368 g/mol. The van der Waals surface area contributed by atoms with E-state index in [-0.39, 0.29) is 6.10 Å². The van der Waals surface area contributed by atoms with Gasteiger partial charge < -0.3 is 9.84 Å². The van der Waals surface area contributed by atoms with Crippen molar-refractivity contribution in [3.8, 4) is 5.75 Å². The summed E-state index contributed by atoms with van der Waals surface area (Å²) in [4.78, 5) is 4.94. The van der Waals surface area contributed by atoms with Crippen LogP contribution in [0.3, 0.4) is 0 Å². The van der Waals surface area contributed by atoms with Crippen LogP contribution in [0.1, 0.15) is 37.7 Å². The molecule has 2 heterocycles. The van der Waals surface area contributed by atoms with Gasteiger partial charge in [-0.3, -0.25) is 9.80 Å². The Morgan fingerprint density at radius 2 is 1.78 bits per heavy atom. The van der Waals surface area contributed by atoms with Gasteiger partial charge in [0, 0.05) is 31.2 Å². The third kappa shape index (κ3) is 4.13. The summed E-state index contributed by atoms with van der Waals surface area (Å²) in [6, 6.07) is 13.0. The van der Waals surface area contributed by atoms with Crippen LogP contribution in [0.4, 0.5) is 0 Å². The second kappa shape index (κ2) is 8.59. The van der Waals surface area contributed by atoms with E-state index in [1.165, 1.54) is 42.0 Å². The summed E-state index contributed by atoms with van der Waals surface area (Å²) < 4.78 is 5.65. The predicted molar refractivity (Wildman–Crippen MR) is 110 cm³/mol. The fourth-order valence-corrected chi connectivity index (χ4v) is 4.87. The molecule has 2 aliphatic heterocycles. The standard InChI is InChI=1S/C23H32N2O2/c1-27-23-11-10-18-8-4-5-9-19(18)20(23)16-24-15-12-21(22(26)17-24)25-13-6-2-3-7-14-25/h4-5,8-11,21-22,26H,2-3,6-7,12-17H2,1H3/t21-,22-/m0/s1. The van der Waals surface area contributed by atoms with E-state index in [9.17, 15) is 5.11 Å². The van der Waals surface area contributed by atoms with Gasteiger partial charge in [-0.15, -0.1) is 0 Å². The number of rotatable bonds is 4. The maximum atomic E-state index is 10.9. The van der Waals surface area contributed by atoms with E-state index in [0.29, 0.717) is 6.04 Å². The van der Waals surface area contributed by atoms with Gasteiger partial charge >= 0.3 is 0 Å². The van der Waals surface area contributed by atoms with Gasteiger partial charge in [0.1, 0.15) is 5.75 Å². The summed E-state index contributed by atoms with van der Waals surface area (Å²) in [7, 11) is 1.74. The van der Waals surface area contributed by atoms with E-state index >= 15 is 0 Å². The lowest BCUT2D eigenvalue weighted by atomic mass is 9.97. The summed E-state index contributed by atoms with van der Waals surface area (Å²) in [6.07, 6.45) is 6.02. The highest BCUT2D eigenvalue weighted by molar-refractivity contribution is 5.87. The van der Waals surface area contributed by atoms with E-state index in [1.807, 2.05) is 0 Å². The average Bonchev–Trinajstić information content (AvgIpc) is 2.98. The molecule has 2 fully saturated rings. The summed E-state index contributed by atoms with van der Waals surface area (Å²) in [5, 5.41) is 13.4. The van der Waals surface area contributed by atoms with Crippen LogP contribution in [0, 0.1) is 0 Å². The minimum Gasteiger partial charge on any atom is -0.496 e. The number of hydrogen-bond acceptors (Lipinski definition) is 4. The second-order valence-corrected chi connectivity index (χ2v) is 8.08. The third-order valence-corrected chi connectivity index (χ3v) is 6.34. The molecule has 1 N–H and O–H groups in total. The molecular formula is C23H32N2O2. The number of ether oxygens (including phenoxy) is 1. The number of likely N-dealkylation sites (tertiary alicyclic amines) is 2. The van der Waals surface area contributed by atoms with E-state index < -0.39 is 0 Å². The molecular weight excluding hydrogens is 336 g/mol. The molecule has 2 atom stereocenters. The van der Waals surface area contributed by atoms with Crippen molar-refractivity contribution in [1.82, 2.24) is 9.80 Å². The Bertz CT molecular complexity index is 755. The number of benzene rings is 2. The topological polar surface area (TPSA) is 35.9 Å². The Morgan fingerprint density at radius 3 is 2.52 bits per heavy atom. The number of nitrogens with zero attached hydrogens (tertiary/aromatic N) is 2. The smallest absolute Gasteiger partial charge is 0.123 e. The summed E-state index contributed by atoms with van der Waals surface area (Å²) in [5.74, 6) is 0.942. The van der Waals surface area contributed by atoms with Gasteiger partial charge in [0.25, 0.3) is 0 Å². The zero-order valence-corrected chi connectivity index (χ0v) is 16.4. The minimum absolute atomic E-state index is 0.266. The molecule has 2 aromatic carbocycles. The lowest BCUT2D eigenvalue weighted by molar-refractivity contribution is -0.0144. The summed E-state index contributed by atoms with van der Waals surface area (Å²) in [6.45, 7) is 4.91. The molecule has 4 heteroatoms. The molecule has 0 saturated carbocycles. The molecule has 146 valence electrons. The first-order valence-corrected chi connectivity index (χ1v) is 10.5. The zero-order valence-electron chi connectivity index (χ0n) is 16.4. The van der Waals surface area contributed by atoms with Gasteiger partial charge in [0.2, 0.25) is 0 Å². The van der Waals surface area contributed by atoms with Gasteiger partial charge in [0.15, 0.2) is 0 Å². The fourth-order valence-electron chi connectivity index (χ4n) is 4.87. The summed E-state index contributed by atoms with van der Waals surface area (Å²) >= 11 is 0. The average molecular weight is 369 g/mol. The lowest BCUT2D eigenvalue weighted by Crippen LogP contribution is -2.54. The van der Waals surface area contributed by atoms with Crippen LogP contribution in [0.5, 0.6) is 5.75 Å². The number of methoxy groups -OCH3 is 1. The molecule has 27 heavy (non-hydrogen) atoms. The molecule has 2 aliphatic rings. The van der Waals surface area contributed by atoms with Crippen LogP contribution >= 0.6 is 0 Å². The first-order chi connectivity index (χ1) is 13.3. The van der Waals surface area contributed by atoms with Crippen LogP contribution in [0.15, 0.2) is 36.4 Å². The number of β-amino-alcohol motifs (C(OH)–C–C–N with tert-alkyl or cyclic N) is 1. The Labute approximate surface area is 162 Å². The molecule has 0 unspecified atom stereocenters. The van der Waals surface area contributed by atoms with Crippen LogP contribution in [-0.4, -0.2) is 60.3 Å². The highest BCUT2D eigenvalue weighted by Crippen LogP contribution is 2.30. The molecule has 0 spiro atoms. The first-order valence-electron chi connectivity index (χ1n) is 10.5. The minimum atomic E-state index is -0.266. The van der Waals surface area contributed by atoms with Gasteiger partial charge in [-0.25, -0.2) is 0 Å². The van der Waals surface area contributed by atoms with Crippen molar-refractivity contribution in [2.24, 2.45) is 0 Å². The van der Waals surface area contributed by atoms with Gasteiger partial charge in [-0.2, -0.15) is 0 Å². The molecule has 0 amide bonds. The molecule has 0 radical (unpaired) electrons. The molecule has 4 rings (SSSR count). The third-order valence-electron chi connectivity index (χ3n) is 6.34.